The molecule has 0 saturated heterocycles. The Hall–Kier alpha value is -4.20. The molecule has 0 amide bonds. The second-order valence-corrected chi connectivity index (χ2v) is 9.73. The highest BCUT2D eigenvalue weighted by atomic mass is 19.1. The van der Waals surface area contributed by atoms with Crippen LogP contribution in [0.15, 0.2) is 67.0 Å². The first-order valence-corrected chi connectivity index (χ1v) is 13.2. The fourth-order valence-corrected chi connectivity index (χ4v) is 5.34. The van der Waals surface area contributed by atoms with E-state index < -0.39 is 0 Å². The Kier molecular flexibility index (Phi) is 6.54. The number of hydrogen-bond acceptors (Lipinski definition) is 5. The van der Waals surface area contributed by atoms with E-state index in [1.54, 1.807) is 25.4 Å². The first-order chi connectivity index (χ1) is 18.6. The molecule has 1 aliphatic rings. The van der Waals surface area contributed by atoms with Crippen LogP contribution in [0.1, 0.15) is 38.1 Å². The molecule has 38 heavy (non-hydrogen) atoms. The molecule has 5 aromatic rings. The molecule has 4 heterocycles. The van der Waals surface area contributed by atoms with Gasteiger partial charge in [-0.1, -0.05) is 13.3 Å². The summed E-state index contributed by atoms with van der Waals surface area (Å²) in [6, 6.07) is 17.0. The summed E-state index contributed by atoms with van der Waals surface area (Å²) in [5, 5.41) is 4.50. The number of aromatic nitrogens is 5. The average molecular weight is 511 g/mol. The predicted octanol–water partition coefficient (Wildman–Crippen LogP) is 6.51. The van der Waals surface area contributed by atoms with E-state index in [4.69, 9.17) is 14.7 Å². The van der Waals surface area contributed by atoms with Crippen LogP contribution in [-0.2, 0) is 13.0 Å². The lowest BCUT2D eigenvalue weighted by Crippen LogP contribution is -2.14. The number of fused-ring (bicyclic) bond motifs is 2. The third kappa shape index (κ3) is 4.51. The average Bonchev–Trinajstić information content (AvgIpc) is 3.64. The Morgan fingerprint density at radius 3 is 2.76 bits per heavy atom. The van der Waals surface area contributed by atoms with Gasteiger partial charge in [-0.15, -0.1) is 0 Å². The van der Waals surface area contributed by atoms with E-state index in [2.05, 4.69) is 50.8 Å². The summed E-state index contributed by atoms with van der Waals surface area (Å²) >= 11 is 0. The third-order valence-electron chi connectivity index (χ3n) is 7.27. The topological polar surface area (TPSA) is 69.8 Å². The van der Waals surface area contributed by atoms with Gasteiger partial charge in [-0.25, -0.2) is 19.3 Å². The quantitative estimate of drug-likeness (QED) is 0.229. The standard InChI is InChI=1S/C30H31FN6O/c1-3-4-15-32-30-33-16-13-25(34-30)29-28(20-5-7-22(31)8-6-20)35-27-12-9-23(37(27)29)19-36-17-14-21-18-24(38-2)10-11-26(21)36/h5-8,10-11,13-14,16-18,23H,3-4,9,12,15,19H2,1-2H3,(H,32,33,34)/t23-/m0/s1. The number of aryl methyl sites for hydroxylation is 1. The van der Waals surface area contributed by atoms with Gasteiger partial charge >= 0.3 is 0 Å². The minimum Gasteiger partial charge on any atom is -0.497 e. The van der Waals surface area contributed by atoms with Crippen molar-refractivity contribution in [3.8, 4) is 28.4 Å². The van der Waals surface area contributed by atoms with Crippen molar-refractivity contribution in [1.29, 1.82) is 0 Å². The highest BCUT2D eigenvalue weighted by Gasteiger charge is 2.31. The Labute approximate surface area is 221 Å². The molecular weight excluding hydrogens is 479 g/mol. The molecule has 0 bridgehead atoms. The van der Waals surface area contributed by atoms with Gasteiger partial charge in [-0.2, -0.15) is 0 Å². The summed E-state index contributed by atoms with van der Waals surface area (Å²) in [4.78, 5) is 14.4. The summed E-state index contributed by atoms with van der Waals surface area (Å²) in [6.07, 6.45) is 7.94. The van der Waals surface area contributed by atoms with Crippen molar-refractivity contribution in [2.45, 2.75) is 45.2 Å². The molecule has 0 radical (unpaired) electrons. The largest absolute Gasteiger partial charge is 0.497 e. The molecule has 0 unspecified atom stereocenters. The monoisotopic (exact) mass is 510 g/mol. The van der Waals surface area contributed by atoms with Crippen LogP contribution in [0.3, 0.4) is 0 Å². The van der Waals surface area contributed by atoms with Gasteiger partial charge in [0.2, 0.25) is 5.95 Å². The second kappa shape index (κ2) is 10.3. The van der Waals surface area contributed by atoms with Gasteiger partial charge in [-0.05, 0) is 67.4 Å². The first kappa shape index (κ1) is 24.2. The summed E-state index contributed by atoms with van der Waals surface area (Å²) in [5.41, 5.74) is 4.63. The van der Waals surface area contributed by atoms with E-state index >= 15 is 0 Å². The number of methoxy groups -OCH3 is 1. The summed E-state index contributed by atoms with van der Waals surface area (Å²) < 4.78 is 23.8. The third-order valence-corrected chi connectivity index (χ3v) is 7.27. The van der Waals surface area contributed by atoms with Gasteiger partial charge in [0.1, 0.15) is 17.4 Å². The van der Waals surface area contributed by atoms with E-state index in [0.717, 1.165) is 78.4 Å². The van der Waals surface area contributed by atoms with E-state index in [1.165, 1.54) is 17.6 Å². The normalized spacial score (nSPS) is 14.7. The number of imidazole rings is 1. The molecule has 7 nitrogen and oxygen atoms in total. The molecule has 1 aliphatic heterocycles. The lowest BCUT2D eigenvalue weighted by atomic mass is 10.1. The first-order valence-electron chi connectivity index (χ1n) is 13.2. The van der Waals surface area contributed by atoms with E-state index in [1.807, 2.05) is 12.1 Å². The van der Waals surface area contributed by atoms with E-state index in [9.17, 15) is 4.39 Å². The minimum absolute atomic E-state index is 0.200. The van der Waals surface area contributed by atoms with Crippen molar-refractivity contribution in [3.63, 3.8) is 0 Å². The zero-order chi connectivity index (χ0) is 26.1. The Balaban J connectivity index is 1.42. The number of nitrogens with one attached hydrogen (secondary N) is 1. The number of ether oxygens (including phenoxy) is 1. The number of nitrogens with zero attached hydrogens (tertiary/aromatic N) is 5. The molecule has 6 rings (SSSR count). The molecule has 8 heteroatoms. The molecule has 194 valence electrons. The van der Waals surface area contributed by atoms with Gasteiger partial charge in [-0.3, -0.25) is 0 Å². The molecule has 3 aromatic heterocycles. The van der Waals surface area contributed by atoms with Crippen molar-refractivity contribution in [1.82, 2.24) is 24.1 Å². The smallest absolute Gasteiger partial charge is 0.223 e. The lowest BCUT2D eigenvalue weighted by Gasteiger charge is -2.19. The number of rotatable bonds is 9. The minimum atomic E-state index is -0.263. The lowest BCUT2D eigenvalue weighted by molar-refractivity contribution is 0.415. The van der Waals surface area contributed by atoms with Gasteiger partial charge in [0.05, 0.1) is 30.2 Å². The maximum Gasteiger partial charge on any atom is 0.223 e. The number of benzene rings is 2. The molecule has 0 aliphatic carbocycles. The molecular formula is C30H31FN6O. The van der Waals surface area contributed by atoms with E-state index in [-0.39, 0.29) is 11.9 Å². The van der Waals surface area contributed by atoms with Crippen LogP contribution in [0.4, 0.5) is 10.3 Å². The molecule has 0 fully saturated rings. The molecule has 1 N–H and O–H groups in total. The fraction of sp³-hybridized carbons (Fsp3) is 0.300. The molecule has 0 saturated carbocycles. The zero-order valence-corrected chi connectivity index (χ0v) is 21.7. The summed E-state index contributed by atoms with van der Waals surface area (Å²) in [7, 11) is 1.69. The number of halogens is 1. The fourth-order valence-electron chi connectivity index (χ4n) is 5.34. The molecule has 2 aromatic carbocycles. The predicted molar refractivity (Wildman–Crippen MR) is 148 cm³/mol. The van der Waals surface area contributed by atoms with Crippen LogP contribution in [0.2, 0.25) is 0 Å². The number of anilines is 1. The van der Waals surface area contributed by atoms with Crippen molar-refractivity contribution in [2.24, 2.45) is 0 Å². The zero-order valence-electron chi connectivity index (χ0n) is 21.7. The van der Waals surface area contributed by atoms with E-state index in [0.29, 0.717) is 5.95 Å². The number of unbranched alkanes of at least 4 members (excludes halogenated alkanes) is 1. The summed E-state index contributed by atoms with van der Waals surface area (Å²) in [5.74, 6) is 2.23. The van der Waals surface area contributed by atoms with Crippen LogP contribution in [0.5, 0.6) is 5.75 Å². The van der Waals surface area contributed by atoms with Crippen molar-refractivity contribution < 1.29 is 9.13 Å². The maximum atomic E-state index is 13.8. The highest BCUT2D eigenvalue weighted by molar-refractivity contribution is 5.82. The van der Waals surface area contributed by atoms with Crippen LogP contribution in [0, 0.1) is 5.82 Å². The maximum absolute atomic E-state index is 13.8. The van der Waals surface area contributed by atoms with Gasteiger partial charge in [0.15, 0.2) is 0 Å². The van der Waals surface area contributed by atoms with Crippen LogP contribution >= 0.6 is 0 Å². The van der Waals surface area contributed by atoms with Crippen molar-refractivity contribution in [3.05, 3.63) is 78.6 Å². The Morgan fingerprint density at radius 2 is 1.95 bits per heavy atom. The molecule has 1 atom stereocenters. The Morgan fingerprint density at radius 1 is 1.08 bits per heavy atom. The SMILES string of the molecule is CCCCNc1nccc(-c2c(-c3ccc(F)cc3)nc3n2[C@H](Cn2ccc4cc(OC)ccc42)CC3)n1. The van der Waals surface area contributed by atoms with Crippen LogP contribution in [-0.4, -0.2) is 37.7 Å². The highest BCUT2D eigenvalue weighted by Crippen LogP contribution is 2.40. The van der Waals surface area contributed by atoms with Crippen molar-refractivity contribution >= 4 is 16.9 Å². The van der Waals surface area contributed by atoms with Gasteiger partial charge in [0, 0.05) is 48.4 Å². The van der Waals surface area contributed by atoms with Crippen LogP contribution in [0.25, 0.3) is 33.5 Å². The molecule has 0 spiro atoms. The second-order valence-electron chi connectivity index (χ2n) is 9.73. The van der Waals surface area contributed by atoms with Crippen LogP contribution < -0.4 is 10.1 Å². The summed E-state index contributed by atoms with van der Waals surface area (Å²) in [6.45, 7) is 3.79. The van der Waals surface area contributed by atoms with Gasteiger partial charge < -0.3 is 19.2 Å². The number of hydrogen-bond donors (Lipinski definition) is 1. The Bertz CT molecular complexity index is 1570. The van der Waals surface area contributed by atoms with Gasteiger partial charge in [0.25, 0.3) is 0 Å². The van der Waals surface area contributed by atoms with Crippen molar-refractivity contribution in [2.75, 3.05) is 19.0 Å².